The SMILES string of the molecule is CCCCC(C)OC(=O)/C(N)=C/C=C/N(CC)CCO. The van der Waals surface area contributed by atoms with Crippen LogP contribution in [0.25, 0.3) is 0 Å². The van der Waals surface area contributed by atoms with Crippen LogP contribution in [0.3, 0.4) is 0 Å². The Morgan fingerprint density at radius 1 is 1.45 bits per heavy atom. The van der Waals surface area contributed by atoms with E-state index in [2.05, 4.69) is 6.92 Å². The molecule has 0 radical (unpaired) electrons. The molecule has 0 spiro atoms. The van der Waals surface area contributed by atoms with Crippen LogP contribution in [0.1, 0.15) is 40.0 Å². The van der Waals surface area contributed by atoms with Gasteiger partial charge in [-0.25, -0.2) is 4.79 Å². The molecule has 1 unspecified atom stereocenters. The molecule has 3 N–H and O–H groups in total. The van der Waals surface area contributed by atoms with E-state index in [-0.39, 0.29) is 18.4 Å². The zero-order valence-corrected chi connectivity index (χ0v) is 12.8. The van der Waals surface area contributed by atoms with Gasteiger partial charge in [-0.3, -0.25) is 0 Å². The lowest BCUT2D eigenvalue weighted by Crippen LogP contribution is -2.21. The quantitative estimate of drug-likeness (QED) is 0.363. The molecule has 0 aliphatic rings. The van der Waals surface area contributed by atoms with E-state index in [0.717, 1.165) is 25.8 Å². The third-order valence-electron chi connectivity index (χ3n) is 2.87. The summed E-state index contributed by atoms with van der Waals surface area (Å²) in [5.41, 5.74) is 5.75. The van der Waals surface area contributed by atoms with E-state index in [9.17, 15) is 4.79 Å². The molecular formula is C15H28N2O3. The van der Waals surface area contributed by atoms with E-state index < -0.39 is 5.97 Å². The Hall–Kier alpha value is -1.49. The number of hydrogen-bond acceptors (Lipinski definition) is 5. The van der Waals surface area contributed by atoms with Crippen LogP contribution < -0.4 is 5.73 Å². The van der Waals surface area contributed by atoms with E-state index in [1.807, 2.05) is 18.7 Å². The summed E-state index contributed by atoms with van der Waals surface area (Å²) in [7, 11) is 0. The van der Waals surface area contributed by atoms with Gasteiger partial charge in [0.25, 0.3) is 0 Å². The lowest BCUT2D eigenvalue weighted by Gasteiger charge is -2.15. The molecule has 0 saturated heterocycles. The summed E-state index contributed by atoms with van der Waals surface area (Å²) in [4.78, 5) is 13.6. The maximum Gasteiger partial charge on any atom is 0.354 e. The zero-order chi connectivity index (χ0) is 15.4. The van der Waals surface area contributed by atoms with Crippen molar-refractivity contribution in [2.24, 2.45) is 5.73 Å². The number of ether oxygens (including phenoxy) is 1. The summed E-state index contributed by atoms with van der Waals surface area (Å²) in [5, 5.41) is 8.84. The third kappa shape index (κ3) is 8.58. The first-order valence-electron chi connectivity index (χ1n) is 7.24. The van der Waals surface area contributed by atoms with Crippen LogP contribution in [0.2, 0.25) is 0 Å². The number of rotatable bonds is 10. The Morgan fingerprint density at radius 3 is 2.70 bits per heavy atom. The molecular weight excluding hydrogens is 256 g/mol. The van der Waals surface area contributed by atoms with Crippen molar-refractivity contribution in [3.05, 3.63) is 24.0 Å². The minimum absolute atomic E-state index is 0.0876. The van der Waals surface area contributed by atoms with Gasteiger partial charge in [-0.1, -0.05) is 19.8 Å². The highest BCUT2D eigenvalue weighted by molar-refractivity contribution is 5.87. The molecule has 0 aliphatic carbocycles. The van der Waals surface area contributed by atoms with E-state index in [1.165, 1.54) is 6.08 Å². The van der Waals surface area contributed by atoms with Crippen LogP contribution in [0, 0.1) is 0 Å². The van der Waals surface area contributed by atoms with Gasteiger partial charge in [-0.05, 0) is 38.6 Å². The molecule has 0 rings (SSSR count). The van der Waals surface area contributed by atoms with Crippen molar-refractivity contribution in [1.82, 2.24) is 4.90 Å². The molecule has 20 heavy (non-hydrogen) atoms. The Labute approximate surface area is 122 Å². The standard InChI is InChI=1S/C15H28N2O3/c1-4-6-8-13(3)20-15(19)14(16)9-7-10-17(5-2)11-12-18/h7,9-10,13,18H,4-6,8,11-12,16H2,1-3H3/b10-7+,14-9-. The van der Waals surface area contributed by atoms with E-state index in [1.54, 1.807) is 12.3 Å². The van der Waals surface area contributed by atoms with Gasteiger partial charge in [0.15, 0.2) is 0 Å². The van der Waals surface area contributed by atoms with Crippen LogP contribution in [0.15, 0.2) is 24.0 Å². The number of nitrogens with zero attached hydrogens (tertiary/aromatic N) is 1. The molecule has 1 atom stereocenters. The summed E-state index contributed by atoms with van der Waals surface area (Å²) in [5.74, 6) is -0.483. The predicted molar refractivity (Wildman–Crippen MR) is 80.8 cm³/mol. The summed E-state index contributed by atoms with van der Waals surface area (Å²) in [6, 6.07) is 0. The number of aliphatic hydroxyl groups is 1. The molecule has 0 aliphatic heterocycles. The van der Waals surface area contributed by atoms with Gasteiger partial charge in [0.05, 0.1) is 12.7 Å². The minimum Gasteiger partial charge on any atom is -0.458 e. The number of aliphatic hydroxyl groups excluding tert-OH is 1. The van der Waals surface area contributed by atoms with Crippen LogP contribution >= 0.6 is 0 Å². The topological polar surface area (TPSA) is 75.8 Å². The lowest BCUT2D eigenvalue weighted by atomic mass is 10.2. The van der Waals surface area contributed by atoms with Crippen LogP contribution in [-0.4, -0.2) is 41.8 Å². The molecule has 5 heteroatoms. The molecule has 0 saturated carbocycles. The van der Waals surface area contributed by atoms with Gasteiger partial charge in [0, 0.05) is 13.1 Å². The fourth-order valence-corrected chi connectivity index (χ4v) is 1.60. The largest absolute Gasteiger partial charge is 0.458 e. The number of hydrogen-bond donors (Lipinski definition) is 2. The number of unbranched alkanes of at least 4 members (excludes halogenated alkanes) is 1. The van der Waals surface area contributed by atoms with Crippen molar-refractivity contribution < 1.29 is 14.6 Å². The number of esters is 1. The fourth-order valence-electron chi connectivity index (χ4n) is 1.60. The molecule has 0 aromatic carbocycles. The van der Waals surface area contributed by atoms with Crippen molar-refractivity contribution in [2.45, 2.75) is 46.1 Å². The first-order valence-corrected chi connectivity index (χ1v) is 7.24. The van der Waals surface area contributed by atoms with Crippen molar-refractivity contribution in [2.75, 3.05) is 19.7 Å². The van der Waals surface area contributed by atoms with Crippen molar-refractivity contribution in [3.8, 4) is 0 Å². The smallest absolute Gasteiger partial charge is 0.354 e. The maximum absolute atomic E-state index is 11.7. The first kappa shape index (κ1) is 18.5. The second-order valence-electron chi connectivity index (χ2n) is 4.67. The summed E-state index contributed by atoms with van der Waals surface area (Å²) < 4.78 is 5.23. The average molecular weight is 284 g/mol. The van der Waals surface area contributed by atoms with Crippen LogP contribution in [0.4, 0.5) is 0 Å². The Bertz CT molecular complexity index is 327. The number of allylic oxidation sites excluding steroid dienone is 2. The van der Waals surface area contributed by atoms with Crippen molar-refractivity contribution in [1.29, 1.82) is 0 Å². The number of nitrogens with two attached hydrogens (primary N) is 1. The average Bonchev–Trinajstić information content (AvgIpc) is 2.43. The Balaban J connectivity index is 4.27. The van der Waals surface area contributed by atoms with Gasteiger partial charge in [0.1, 0.15) is 5.70 Å². The highest BCUT2D eigenvalue weighted by Crippen LogP contribution is 2.05. The van der Waals surface area contributed by atoms with E-state index in [4.69, 9.17) is 15.6 Å². The molecule has 0 aromatic rings. The second-order valence-corrected chi connectivity index (χ2v) is 4.67. The van der Waals surface area contributed by atoms with Crippen LogP contribution in [-0.2, 0) is 9.53 Å². The van der Waals surface area contributed by atoms with Crippen molar-refractivity contribution in [3.63, 3.8) is 0 Å². The normalized spacial score (nSPS) is 13.5. The molecule has 116 valence electrons. The first-order chi connectivity index (χ1) is 9.54. The number of carbonyl (C=O) groups is 1. The lowest BCUT2D eigenvalue weighted by molar-refractivity contribution is -0.143. The summed E-state index contributed by atoms with van der Waals surface area (Å²) >= 11 is 0. The molecule has 0 heterocycles. The van der Waals surface area contributed by atoms with Crippen molar-refractivity contribution >= 4 is 5.97 Å². The summed E-state index contributed by atoms with van der Waals surface area (Å²) in [6.07, 6.45) is 7.85. The maximum atomic E-state index is 11.7. The fraction of sp³-hybridized carbons (Fsp3) is 0.667. The summed E-state index contributed by atoms with van der Waals surface area (Å²) in [6.45, 7) is 7.38. The Morgan fingerprint density at radius 2 is 2.15 bits per heavy atom. The van der Waals surface area contributed by atoms with E-state index >= 15 is 0 Å². The molecule has 0 bridgehead atoms. The number of carbonyl (C=O) groups excluding carboxylic acids is 1. The highest BCUT2D eigenvalue weighted by atomic mass is 16.5. The molecule has 0 aromatic heterocycles. The van der Waals surface area contributed by atoms with Gasteiger partial charge >= 0.3 is 5.97 Å². The zero-order valence-electron chi connectivity index (χ0n) is 12.8. The molecule has 0 amide bonds. The van der Waals surface area contributed by atoms with Crippen LogP contribution in [0.5, 0.6) is 0 Å². The minimum atomic E-state index is -0.483. The van der Waals surface area contributed by atoms with Gasteiger partial charge in [-0.2, -0.15) is 0 Å². The molecule has 5 nitrogen and oxygen atoms in total. The highest BCUT2D eigenvalue weighted by Gasteiger charge is 2.10. The molecule has 0 fully saturated rings. The Kier molecular flexibility index (Phi) is 10.5. The van der Waals surface area contributed by atoms with Gasteiger partial charge in [0.2, 0.25) is 0 Å². The monoisotopic (exact) mass is 284 g/mol. The number of likely N-dealkylation sites (N-methyl/N-ethyl adjacent to an activating group) is 1. The van der Waals surface area contributed by atoms with Gasteiger partial charge < -0.3 is 20.5 Å². The second kappa shape index (κ2) is 11.3. The predicted octanol–water partition coefficient (Wildman–Crippen LogP) is 1.78. The van der Waals surface area contributed by atoms with E-state index in [0.29, 0.717) is 6.54 Å². The van der Waals surface area contributed by atoms with Gasteiger partial charge in [-0.15, -0.1) is 0 Å². The third-order valence-corrected chi connectivity index (χ3v) is 2.87.